The first-order valence-electron chi connectivity index (χ1n) is 0. The van der Waals surface area contributed by atoms with Crippen LogP contribution >= 0.6 is 0 Å². The fourth-order valence-electron chi connectivity index (χ4n) is 0. The molecule has 0 atom stereocenters. The third-order valence-corrected chi connectivity index (χ3v) is 0. The van der Waals surface area contributed by atoms with Crippen molar-refractivity contribution in [1.29, 1.82) is 0 Å². The van der Waals surface area contributed by atoms with Crippen LogP contribution in [-0.4, -0.2) is 48.9 Å². The maximum Gasteiger partial charge on any atom is 0 e. The van der Waals surface area contributed by atoms with Crippen LogP contribution in [0.1, 0.15) is 0 Å². The Balaban J connectivity index is 0. The molecule has 5 heavy (non-hydrogen) atoms. The van der Waals surface area contributed by atoms with E-state index in [2.05, 4.69) is 0 Å². The summed E-state index contributed by atoms with van der Waals surface area (Å²) in [6.45, 7) is 0. The van der Waals surface area contributed by atoms with Crippen molar-refractivity contribution in [3.63, 3.8) is 0 Å². The maximum atomic E-state index is 0. The minimum atomic E-state index is 0. The van der Waals surface area contributed by atoms with Crippen LogP contribution in [0.2, 0.25) is 0 Å². The Morgan fingerprint density at radius 3 is 1.00 bits per heavy atom. The van der Waals surface area contributed by atoms with Crippen molar-refractivity contribution < 1.29 is 92.8 Å². The Bertz CT molecular complexity index is 11.6. The molecule has 0 aliphatic heterocycles. The zero-order valence-electron chi connectivity index (χ0n) is 1.76. The molecule has 0 aliphatic rings. The zero-order valence-corrected chi connectivity index (χ0v) is 9.21. The summed E-state index contributed by atoms with van der Waals surface area (Å²) >= 11 is 0. The SMILES string of the molecule is [BaH2].[Co].[Fe].[Y].[Zr]. The molecular formula is H2BaCoFeYZr. The number of rotatable bonds is 0. The monoisotopic (exact) mass is 434 g/mol. The molecule has 0 aromatic rings. The molecule has 0 spiro atoms. The van der Waals surface area contributed by atoms with Crippen LogP contribution in [0.3, 0.4) is 0 Å². The van der Waals surface area contributed by atoms with Crippen molar-refractivity contribution in [2.75, 3.05) is 0 Å². The molecule has 2 radical (unpaired) electrons. The second-order valence-electron chi connectivity index (χ2n) is 0. The van der Waals surface area contributed by atoms with Gasteiger partial charge in [-0.25, -0.2) is 0 Å². The minimum absolute atomic E-state index is 0. The standard InChI is InChI=1S/Ba.Co.Fe.Y.Zr.2H. The van der Waals surface area contributed by atoms with Gasteiger partial charge in [0.25, 0.3) is 0 Å². The summed E-state index contributed by atoms with van der Waals surface area (Å²) in [6.07, 6.45) is 0. The van der Waals surface area contributed by atoms with E-state index < -0.39 is 0 Å². The molecule has 0 aromatic heterocycles. The van der Waals surface area contributed by atoms with Gasteiger partial charge in [-0.15, -0.1) is 0 Å². The van der Waals surface area contributed by atoms with Crippen LogP contribution in [0.25, 0.3) is 0 Å². The summed E-state index contributed by atoms with van der Waals surface area (Å²) < 4.78 is 0. The van der Waals surface area contributed by atoms with Crippen molar-refractivity contribution in [2.24, 2.45) is 0 Å². The number of hydrogen-bond donors (Lipinski definition) is 0. The van der Waals surface area contributed by atoms with Crippen molar-refractivity contribution in [2.45, 2.75) is 0 Å². The van der Waals surface area contributed by atoms with Gasteiger partial charge in [-0.05, 0) is 0 Å². The summed E-state index contributed by atoms with van der Waals surface area (Å²) in [5.74, 6) is 0. The molecule has 0 aliphatic carbocycles. The molecule has 0 fully saturated rings. The summed E-state index contributed by atoms with van der Waals surface area (Å²) in [5, 5.41) is 0. The van der Waals surface area contributed by atoms with Gasteiger partial charge in [0.15, 0.2) is 0 Å². The van der Waals surface area contributed by atoms with Crippen LogP contribution in [0.5, 0.6) is 0 Å². The quantitative estimate of drug-likeness (QED) is 0.433. The average Bonchev–Trinajstić information content (AvgIpc) is 0. The Labute approximate surface area is 137 Å². The third kappa shape index (κ3) is 17.7. The fraction of sp³-hybridized carbons (Fsp3) is 0. The van der Waals surface area contributed by atoms with Crippen molar-refractivity contribution in [3.05, 3.63) is 0 Å². The molecule has 0 saturated heterocycles. The topological polar surface area (TPSA) is 0 Å². The van der Waals surface area contributed by atoms with Crippen LogP contribution in [0, 0.1) is 0 Å². The first-order valence-corrected chi connectivity index (χ1v) is 0. The van der Waals surface area contributed by atoms with E-state index in [0.717, 1.165) is 0 Å². The van der Waals surface area contributed by atoms with Gasteiger partial charge < -0.3 is 0 Å². The van der Waals surface area contributed by atoms with Gasteiger partial charge in [0.05, 0.1) is 0 Å². The molecule has 0 aromatic carbocycles. The Kier molecular flexibility index (Phi) is 158. The largest absolute Gasteiger partial charge is 0 e. The fourth-order valence-corrected chi connectivity index (χ4v) is 0. The molecule has 0 amide bonds. The van der Waals surface area contributed by atoms with E-state index in [4.69, 9.17) is 0 Å². The summed E-state index contributed by atoms with van der Waals surface area (Å²) in [7, 11) is 0. The van der Waals surface area contributed by atoms with Crippen LogP contribution in [-0.2, 0) is 92.8 Å². The second-order valence-corrected chi connectivity index (χ2v) is 0. The second kappa shape index (κ2) is 23.5. The zero-order chi connectivity index (χ0) is 0. The van der Waals surface area contributed by atoms with Gasteiger partial charge in [0.1, 0.15) is 0 Å². The van der Waals surface area contributed by atoms with E-state index >= 15 is 0 Å². The van der Waals surface area contributed by atoms with Crippen LogP contribution < -0.4 is 0 Å². The first kappa shape index (κ1) is 33.6. The van der Waals surface area contributed by atoms with Gasteiger partial charge >= 0.3 is 48.9 Å². The van der Waals surface area contributed by atoms with E-state index in [1.54, 1.807) is 0 Å². The van der Waals surface area contributed by atoms with Gasteiger partial charge in [-0.2, -0.15) is 0 Å². The van der Waals surface area contributed by atoms with Gasteiger partial charge in [0.2, 0.25) is 0 Å². The Morgan fingerprint density at radius 2 is 1.00 bits per heavy atom. The normalized spacial score (nSPS) is 0. The Morgan fingerprint density at radius 1 is 1.00 bits per heavy atom. The molecular weight excluding hydrogens is 432 g/mol. The van der Waals surface area contributed by atoms with Gasteiger partial charge in [0, 0.05) is 92.8 Å². The molecule has 28 valence electrons. The first-order chi connectivity index (χ1) is 0. The minimum Gasteiger partial charge on any atom is 0 e. The summed E-state index contributed by atoms with van der Waals surface area (Å²) in [5.41, 5.74) is 0. The maximum absolute atomic E-state index is 0. The molecule has 0 heterocycles. The molecule has 0 unspecified atom stereocenters. The van der Waals surface area contributed by atoms with Crippen LogP contribution in [0.15, 0.2) is 0 Å². The molecule has 0 N–H and O–H groups in total. The number of hydrogen-bond acceptors (Lipinski definition) is 0. The van der Waals surface area contributed by atoms with Gasteiger partial charge in [-0.1, -0.05) is 0 Å². The van der Waals surface area contributed by atoms with E-state index in [-0.39, 0.29) is 142 Å². The smallest absolute Gasteiger partial charge is 0 e. The predicted molar refractivity (Wildman–Crippen MR) is 8.54 cm³/mol. The van der Waals surface area contributed by atoms with E-state index in [9.17, 15) is 0 Å². The van der Waals surface area contributed by atoms with Crippen LogP contribution in [0.4, 0.5) is 0 Å². The predicted octanol–water partition coefficient (Wildman–Crippen LogP) is -0.926. The average molecular weight is 434 g/mol. The summed E-state index contributed by atoms with van der Waals surface area (Å²) in [6, 6.07) is 0. The third-order valence-electron chi connectivity index (χ3n) is 0. The molecule has 0 nitrogen and oxygen atoms in total. The van der Waals surface area contributed by atoms with Gasteiger partial charge in [-0.3, -0.25) is 0 Å². The van der Waals surface area contributed by atoms with Crippen molar-refractivity contribution in [1.82, 2.24) is 0 Å². The van der Waals surface area contributed by atoms with Crippen molar-refractivity contribution in [3.8, 4) is 0 Å². The molecule has 5 heteroatoms. The van der Waals surface area contributed by atoms with E-state index in [1.165, 1.54) is 0 Å². The van der Waals surface area contributed by atoms with E-state index in [1.807, 2.05) is 0 Å². The van der Waals surface area contributed by atoms with E-state index in [0.29, 0.717) is 0 Å². The van der Waals surface area contributed by atoms with Crippen molar-refractivity contribution >= 4 is 48.9 Å². The molecule has 0 rings (SSSR count). The summed E-state index contributed by atoms with van der Waals surface area (Å²) in [4.78, 5) is 0. The Hall–Kier alpha value is 4.58. The molecule has 0 saturated carbocycles. The molecule has 0 bridgehead atoms.